The molecule has 0 saturated carbocycles. The van der Waals surface area contributed by atoms with Gasteiger partial charge in [0.25, 0.3) is 0 Å². The summed E-state index contributed by atoms with van der Waals surface area (Å²) in [6.45, 7) is 0.640. The minimum Gasteiger partial charge on any atom is -0.444 e. The number of ether oxygens (including phenoxy) is 1. The van der Waals surface area contributed by atoms with Crippen molar-refractivity contribution in [3.05, 3.63) is 46.9 Å². The first-order chi connectivity index (χ1) is 11.8. The molecule has 130 valence electrons. The summed E-state index contributed by atoms with van der Waals surface area (Å²) in [6, 6.07) is 7.50. The van der Waals surface area contributed by atoms with Crippen LogP contribution in [-0.2, 0) is 19.4 Å². The normalized spacial score (nSPS) is 16.0. The van der Waals surface area contributed by atoms with E-state index < -0.39 is 34.6 Å². The predicted octanol–water partition coefficient (Wildman–Crippen LogP) is 2.58. The lowest BCUT2D eigenvalue weighted by Gasteiger charge is -2.10. The van der Waals surface area contributed by atoms with Crippen LogP contribution in [0, 0.1) is 0 Å². The van der Waals surface area contributed by atoms with Gasteiger partial charge in [-0.1, -0.05) is 36.4 Å². The Morgan fingerprint density at radius 1 is 1.20 bits per heavy atom. The number of amides is 1. The molecule has 2 aromatic rings. The van der Waals surface area contributed by atoms with Crippen LogP contribution in [0.1, 0.15) is 12.5 Å². The van der Waals surface area contributed by atoms with Crippen LogP contribution in [-0.4, -0.2) is 33.2 Å². The van der Waals surface area contributed by atoms with Gasteiger partial charge in [0.1, 0.15) is 12.6 Å². The van der Waals surface area contributed by atoms with Crippen molar-refractivity contribution >= 4 is 38.8 Å². The first-order valence-corrected chi connectivity index (χ1v) is 8.89. The molecule has 0 aromatic heterocycles. The van der Waals surface area contributed by atoms with Crippen molar-refractivity contribution in [1.82, 2.24) is 5.32 Å². The molecule has 1 aliphatic rings. The van der Waals surface area contributed by atoms with E-state index in [0.717, 1.165) is 12.3 Å². The van der Waals surface area contributed by atoms with Gasteiger partial charge in [-0.15, -0.1) is 0 Å². The Hall–Kier alpha value is -2.74. The predicted molar refractivity (Wildman–Crippen MR) is 89.2 cm³/mol. The Balaban J connectivity index is 1.82. The summed E-state index contributed by atoms with van der Waals surface area (Å²) in [6.07, 6.45) is 0.365. The van der Waals surface area contributed by atoms with E-state index in [1.165, 1.54) is 6.08 Å². The number of hydrogen-bond donors (Lipinski definition) is 1. The van der Waals surface area contributed by atoms with Crippen LogP contribution in [0.5, 0.6) is 0 Å². The molecule has 0 fully saturated rings. The number of hydrogen-bond acceptors (Lipinski definition) is 5. The zero-order valence-electron chi connectivity index (χ0n) is 13.2. The van der Waals surface area contributed by atoms with Crippen molar-refractivity contribution in [2.45, 2.75) is 17.9 Å². The van der Waals surface area contributed by atoms with Crippen molar-refractivity contribution in [2.75, 3.05) is 6.61 Å². The first kappa shape index (κ1) is 17.1. The number of carbonyl (C=O) groups excluding carboxylic acids is 2. The number of rotatable bonds is 4. The monoisotopic (exact) mass is 363 g/mol. The van der Waals surface area contributed by atoms with Gasteiger partial charge < -0.3 is 10.1 Å². The fourth-order valence-electron chi connectivity index (χ4n) is 2.59. The fraction of sp³-hybridized carbons (Fsp3) is 0.176. The van der Waals surface area contributed by atoms with E-state index in [0.29, 0.717) is 10.9 Å². The van der Waals surface area contributed by atoms with Gasteiger partial charge in [0.05, 0.1) is 9.80 Å². The zero-order chi connectivity index (χ0) is 18.2. The molecule has 1 amide bonds. The molecule has 0 aliphatic carbocycles. The van der Waals surface area contributed by atoms with E-state index >= 15 is 0 Å². The van der Waals surface area contributed by atoms with Gasteiger partial charge in [-0.05, 0) is 23.9 Å². The van der Waals surface area contributed by atoms with Crippen molar-refractivity contribution < 1.29 is 27.1 Å². The highest BCUT2D eigenvalue weighted by molar-refractivity contribution is 7.96. The SMILES string of the molecule is C[C@H](NC(=O)OCC1=Cc2ccc3ccccc3c2S1(=O)=O)C(=O)F. The molecule has 0 saturated heterocycles. The van der Waals surface area contributed by atoms with Crippen LogP contribution in [0.2, 0.25) is 0 Å². The van der Waals surface area contributed by atoms with Crippen LogP contribution < -0.4 is 5.32 Å². The molecule has 25 heavy (non-hydrogen) atoms. The number of fused-ring (bicyclic) bond motifs is 3. The van der Waals surface area contributed by atoms with Gasteiger partial charge in [-0.2, -0.15) is 4.39 Å². The second-order valence-electron chi connectivity index (χ2n) is 5.57. The van der Waals surface area contributed by atoms with Crippen LogP contribution >= 0.6 is 0 Å². The number of halogens is 1. The number of nitrogens with one attached hydrogen (secondary N) is 1. The smallest absolute Gasteiger partial charge is 0.408 e. The third-order valence-corrected chi connectivity index (χ3v) is 5.78. The Morgan fingerprint density at radius 2 is 1.92 bits per heavy atom. The summed E-state index contributed by atoms with van der Waals surface area (Å²) in [4.78, 5) is 22.1. The molecule has 0 bridgehead atoms. The topological polar surface area (TPSA) is 89.5 Å². The summed E-state index contributed by atoms with van der Waals surface area (Å²) < 4.78 is 42.7. The molecule has 1 N–H and O–H groups in total. The van der Waals surface area contributed by atoms with E-state index in [1.54, 1.807) is 18.2 Å². The molecule has 0 spiro atoms. The summed E-state index contributed by atoms with van der Waals surface area (Å²) in [5.41, 5.74) is 0.519. The Labute approximate surface area is 143 Å². The molecule has 1 heterocycles. The standard InChI is InChI=1S/C17H14FNO5S/c1-10(16(18)20)19-17(21)24-9-13-8-12-7-6-11-4-2-3-5-14(11)15(12)25(13,22)23/h2-8,10H,9H2,1H3,(H,19,21)/t10-/m0/s1. The highest BCUT2D eigenvalue weighted by Gasteiger charge is 2.32. The van der Waals surface area contributed by atoms with Crippen LogP contribution in [0.3, 0.4) is 0 Å². The van der Waals surface area contributed by atoms with E-state index in [2.05, 4.69) is 0 Å². The summed E-state index contributed by atoms with van der Waals surface area (Å²) in [5, 5.41) is 3.35. The number of carbonyl (C=O) groups is 2. The average molecular weight is 363 g/mol. The largest absolute Gasteiger partial charge is 0.444 e. The Bertz CT molecular complexity index is 1010. The Kier molecular flexibility index (Phi) is 4.30. The van der Waals surface area contributed by atoms with Crippen LogP contribution in [0.4, 0.5) is 9.18 Å². The van der Waals surface area contributed by atoms with Crippen molar-refractivity contribution in [3.63, 3.8) is 0 Å². The first-order valence-electron chi connectivity index (χ1n) is 7.41. The average Bonchev–Trinajstić information content (AvgIpc) is 2.83. The lowest BCUT2D eigenvalue weighted by atomic mass is 10.1. The molecule has 1 atom stereocenters. The zero-order valence-corrected chi connectivity index (χ0v) is 14.0. The molecule has 0 unspecified atom stereocenters. The van der Waals surface area contributed by atoms with Crippen molar-refractivity contribution in [2.24, 2.45) is 0 Å². The van der Waals surface area contributed by atoms with Gasteiger partial charge in [0.15, 0.2) is 0 Å². The number of sulfone groups is 1. The van der Waals surface area contributed by atoms with Gasteiger partial charge in [-0.3, -0.25) is 4.79 Å². The van der Waals surface area contributed by atoms with Gasteiger partial charge in [0.2, 0.25) is 9.84 Å². The van der Waals surface area contributed by atoms with Crippen LogP contribution in [0.15, 0.2) is 46.2 Å². The number of alkyl carbamates (subject to hydrolysis) is 1. The molecule has 3 rings (SSSR count). The molecule has 8 heteroatoms. The summed E-state index contributed by atoms with van der Waals surface area (Å²) >= 11 is 0. The highest BCUT2D eigenvalue weighted by Crippen LogP contribution is 2.38. The van der Waals surface area contributed by atoms with Gasteiger partial charge in [0, 0.05) is 5.39 Å². The van der Waals surface area contributed by atoms with Gasteiger partial charge in [-0.25, -0.2) is 13.2 Å². The molecule has 6 nitrogen and oxygen atoms in total. The van der Waals surface area contributed by atoms with Crippen molar-refractivity contribution in [3.8, 4) is 0 Å². The second kappa shape index (κ2) is 6.29. The maximum Gasteiger partial charge on any atom is 0.408 e. The van der Waals surface area contributed by atoms with E-state index in [4.69, 9.17) is 4.74 Å². The molecule has 1 aliphatic heterocycles. The third-order valence-electron chi connectivity index (χ3n) is 3.86. The van der Waals surface area contributed by atoms with E-state index in [1.807, 2.05) is 23.5 Å². The van der Waals surface area contributed by atoms with Crippen molar-refractivity contribution in [1.29, 1.82) is 0 Å². The quantitative estimate of drug-likeness (QED) is 0.844. The molecule has 0 radical (unpaired) electrons. The lowest BCUT2D eigenvalue weighted by molar-refractivity contribution is -0.130. The highest BCUT2D eigenvalue weighted by atomic mass is 32.2. The number of benzene rings is 2. The summed E-state index contributed by atoms with van der Waals surface area (Å²) in [7, 11) is -3.80. The third kappa shape index (κ3) is 3.12. The van der Waals surface area contributed by atoms with E-state index in [-0.39, 0.29) is 9.80 Å². The minimum atomic E-state index is -3.80. The van der Waals surface area contributed by atoms with E-state index in [9.17, 15) is 22.4 Å². The molecular weight excluding hydrogens is 349 g/mol. The summed E-state index contributed by atoms with van der Waals surface area (Å²) in [5.74, 6) is 0. The minimum absolute atomic E-state index is 0.0757. The Morgan fingerprint density at radius 3 is 2.64 bits per heavy atom. The second-order valence-corrected chi connectivity index (χ2v) is 7.50. The van der Waals surface area contributed by atoms with Crippen LogP contribution in [0.25, 0.3) is 16.8 Å². The molecule has 2 aromatic carbocycles. The van der Waals surface area contributed by atoms with Gasteiger partial charge >= 0.3 is 12.1 Å². The molecular formula is C17H14FNO5S. The fourth-order valence-corrected chi connectivity index (χ4v) is 4.26. The lowest BCUT2D eigenvalue weighted by Crippen LogP contribution is -2.37. The maximum atomic E-state index is 12.7. The maximum absolute atomic E-state index is 12.7.